The summed E-state index contributed by atoms with van der Waals surface area (Å²) in [6.07, 6.45) is 2.84. The van der Waals surface area contributed by atoms with Crippen LogP contribution in [-0.2, 0) is 19.6 Å². The van der Waals surface area contributed by atoms with Crippen molar-refractivity contribution in [1.82, 2.24) is 4.31 Å². The van der Waals surface area contributed by atoms with E-state index in [0.29, 0.717) is 25.0 Å². The fourth-order valence-corrected chi connectivity index (χ4v) is 3.07. The van der Waals surface area contributed by atoms with Crippen molar-refractivity contribution in [1.29, 1.82) is 0 Å². The Kier molecular flexibility index (Phi) is 4.49. The van der Waals surface area contributed by atoms with E-state index in [0.717, 1.165) is 0 Å². The van der Waals surface area contributed by atoms with Crippen LogP contribution in [0.3, 0.4) is 0 Å². The number of hydrogen-bond acceptors (Lipinski definition) is 4. The first-order valence-electron chi connectivity index (χ1n) is 5.26. The number of carbonyl (C=O) groups excluding carboxylic acids is 1. The molecule has 1 saturated heterocycles. The van der Waals surface area contributed by atoms with Gasteiger partial charge in [0.15, 0.2) is 0 Å². The van der Waals surface area contributed by atoms with E-state index in [4.69, 9.17) is 0 Å². The third-order valence-electron chi connectivity index (χ3n) is 2.57. The third-order valence-corrected chi connectivity index (χ3v) is 4.50. The predicted octanol–water partition coefficient (Wildman–Crippen LogP) is 0.531. The lowest BCUT2D eigenvalue weighted by molar-refractivity contribution is -0.136. The molecule has 92 valence electrons. The van der Waals surface area contributed by atoms with Crippen molar-refractivity contribution in [3.63, 3.8) is 0 Å². The Balaban J connectivity index is 2.67. The van der Waals surface area contributed by atoms with Gasteiger partial charge in [-0.3, -0.25) is 0 Å². The molecule has 0 aromatic rings. The maximum absolute atomic E-state index is 11.5. The molecule has 1 fully saturated rings. The number of ether oxygens (including phenoxy) is 1. The van der Waals surface area contributed by atoms with Gasteiger partial charge in [0.1, 0.15) is 0 Å². The highest BCUT2D eigenvalue weighted by Crippen LogP contribution is 2.14. The molecule has 0 atom stereocenters. The SMILES string of the molecule is CCC(=CCN1CCCS1(=O)=O)C(=O)OC. The molecule has 0 radical (unpaired) electrons. The lowest BCUT2D eigenvalue weighted by Crippen LogP contribution is -2.26. The smallest absolute Gasteiger partial charge is 0.333 e. The normalized spacial score (nSPS) is 21.0. The van der Waals surface area contributed by atoms with Crippen molar-refractivity contribution in [3.8, 4) is 0 Å². The molecule has 0 aromatic carbocycles. The van der Waals surface area contributed by atoms with Crippen LogP contribution >= 0.6 is 0 Å². The van der Waals surface area contributed by atoms with Crippen molar-refractivity contribution in [2.24, 2.45) is 0 Å². The number of hydrogen-bond donors (Lipinski definition) is 0. The van der Waals surface area contributed by atoms with Gasteiger partial charge >= 0.3 is 5.97 Å². The standard InChI is InChI=1S/C10H17NO4S/c1-3-9(10(12)15-2)5-7-11-6-4-8-16(11,13)14/h5H,3-4,6-8H2,1-2H3. The second-order valence-electron chi connectivity index (χ2n) is 3.60. The van der Waals surface area contributed by atoms with Gasteiger partial charge in [0.2, 0.25) is 10.0 Å². The Labute approximate surface area is 96.1 Å². The number of nitrogens with zero attached hydrogens (tertiary/aromatic N) is 1. The average Bonchev–Trinajstić information content (AvgIpc) is 2.58. The summed E-state index contributed by atoms with van der Waals surface area (Å²) in [5, 5.41) is 0. The molecule has 1 heterocycles. The molecule has 0 amide bonds. The second-order valence-corrected chi connectivity index (χ2v) is 5.69. The summed E-state index contributed by atoms with van der Waals surface area (Å²) < 4.78 is 29.0. The predicted molar refractivity (Wildman–Crippen MR) is 60.4 cm³/mol. The molecule has 0 aromatic heterocycles. The summed E-state index contributed by atoms with van der Waals surface area (Å²) in [7, 11) is -1.77. The van der Waals surface area contributed by atoms with Crippen LogP contribution in [0.1, 0.15) is 19.8 Å². The fraction of sp³-hybridized carbons (Fsp3) is 0.700. The van der Waals surface area contributed by atoms with Crippen molar-refractivity contribution >= 4 is 16.0 Å². The Morgan fingerprint density at radius 1 is 1.50 bits per heavy atom. The van der Waals surface area contributed by atoms with Crippen LogP contribution in [-0.4, -0.2) is 44.6 Å². The monoisotopic (exact) mass is 247 g/mol. The van der Waals surface area contributed by atoms with Gasteiger partial charge in [-0.15, -0.1) is 0 Å². The highest BCUT2D eigenvalue weighted by atomic mass is 32.2. The summed E-state index contributed by atoms with van der Waals surface area (Å²) in [5.41, 5.74) is 0.518. The highest BCUT2D eigenvalue weighted by molar-refractivity contribution is 7.89. The minimum Gasteiger partial charge on any atom is -0.466 e. The van der Waals surface area contributed by atoms with Crippen LogP contribution in [0.5, 0.6) is 0 Å². The van der Waals surface area contributed by atoms with Gasteiger partial charge in [0, 0.05) is 18.7 Å². The molecule has 0 saturated carbocycles. The molecule has 1 rings (SSSR count). The number of carbonyl (C=O) groups is 1. The molecule has 0 bridgehead atoms. The van der Waals surface area contributed by atoms with Crippen LogP contribution in [0, 0.1) is 0 Å². The maximum atomic E-state index is 11.5. The molecule has 1 aliphatic rings. The zero-order valence-corrected chi connectivity index (χ0v) is 10.4. The summed E-state index contributed by atoms with van der Waals surface area (Å²) in [4.78, 5) is 11.3. The number of esters is 1. The quantitative estimate of drug-likeness (QED) is 0.537. The van der Waals surface area contributed by atoms with E-state index in [1.807, 2.05) is 6.92 Å². The zero-order chi connectivity index (χ0) is 12.2. The Morgan fingerprint density at radius 3 is 2.62 bits per heavy atom. The minimum absolute atomic E-state index is 0.209. The molecule has 0 unspecified atom stereocenters. The Bertz CT molecular complexity index is 386. The lowest BCUT2D eigenvalue weighted by atomic mass is 10.2. The molecule has 1 aliphatic heterocycles. The van der Waals surface area contributed by atoms with Crippen LogP contribution in [0.15, 0.2) is 11.6 Å². The maximum Gasteiger partial charge on any atom is 0.333 e. The van der Waals surface area contributed by atoms with Crippen molar-refractivity contribution in [2.75, 3.05) is 26.0 Å². The molecular weight excluding hydrogens is 230 g/mol. The summed E-state index contributed by atoms with van der Waals surface area (Å²) in [6, 6.07) is 0. The van der Waals surface area contributed by atoms with Crippen LogP contribution in [0.4, 0.5) is 0 Å². The molecule has 0 spiro atoms. The van der Waals surface area contributed by atoms with Gasteiger partial charge in [-0.25, -0.2) is 13.2 Å². The molecule has 16 heavy (non-hydrogen) atoms. The van der Waals surface area contributed by atoms with E-state index in [9.17, 15) is 13.2 Å². The van der Waals surface area contributed by atoms with E-state index in [1.165, 1.54) is 11.4 Å². The Hall–Kier alpha value is -0.880. The number of methoxy groups -OCH3 is 1. The topological polar surface area (TPSA) is 63.7 Å². The van der Waals surface area contributed by atoms with Gasteiger partial charge in [-0.2, -0.15) is 4.31 Å². The lowest BCUT2D eigenvalue weighted by Gasteiger charge is -2.12. The first-order valence-corrected chi connectivity index (χ1v) is 6.87. The third kappa shape index (κ3) is 3.05. The minimum atomic E-state index is -3.09. The van der Waals surface area contributed by atoms with Gasteiger partial charge in [-0.1, -0.05) is 13.0 Å². The van der Waals surface area contributed by atoms with Crippen LogP contribution < -0.4 is 0 Å². The van der Waals surface area contributed by atoms with Gasteiger partial charge in [0.25, 0.3) is 0 Å². The molecule has 5 nitrogen and oxygen atoms in total. The second kappa shape index (κ2) is 5.45. The average molecular weight is 247 g/mol. The molecule has 6 heteroatoms. The Morgan fingerprint density at radius 2 is 2.19 bits per heavy atom. The largest absolute Gasteiger partial charge is 0.466 e. The van der Waals surface area contributed by atoms with Gasteiger partial charge < -0.3 is 4.74 Å². The molecule has 0 N–H and O–H groups in total. The molecule has 0 aliphatic carbocycles. The van der Waals surface area contributed by atoms with Crippen molar-refractivity contribution in [3.05, 3.63) is 11.6 Å². The number of sulfonamides is 1. The molecular formula is C10H17NO4S. The van der Waals surface area contributed by atoms with Gasteiger partial charge in [-0.05, 0) is 12.8 Å². The highest BCUT2D eigenvalue weighted by Gasteiger charge is 2.27. The fourth-order valence-electron chi connectivity index (χ4n) is 1.61. The van der Waals surface area contributed by atoms with Crippen molar-refractivity contribution in [2.45, 2.75) is 19.8 Å². The number of rotatable bonds is 4. The van der Waals surface area contributed by atoms with Gasteiger partial charge in [0.05, 0.1) is 12.9 Å². The first kappa shape index (κ1) is 13.2. The summed E-state index contributed by atoms with van der Waals surface area (Å²) >= 11 is 0. The summed E-state index contributed by atoms with van der Waals surface area (Å²) in [5.74, 6) is -0.181. The van der Waals surface area contributed by atoms with E-state index in [2.05, 4.69) is 4.74 Å². The van der Waals surface area contributed by atoms with E-state index >= 15 is 0 Å². The van der Waals surface area contributed by atoms with Crippen LogP contribution in [0.2, 0.25) is 0 Å². The van der Waals surface area contributed by atoms with E-state index in [1.54, 1.807) is 6.08 Å². The van der Waals surface area contributed by atoms with Crippen LogP contribution in [0.25, 0.3) is 0 Å². The van der Waals surface area contributed by atoms with E-state index < -0.39 is 10.0 Å². The summed E-state index contributed by atoms with van der Waals surface area (Å²) in [6.45, 7) is 2.64. The van der Waals surface area contributed by atoms with E-state index in [-0.39, 0.29) is 18.3 Å². The van der Waals surface area contributed by atoms with Crippen molar-refractivity contribution < 1.29 is 17.9 Å². The first-order chi connectivity index (χ1) is 7.51. The zero-order valence-electron chi connectivity index (χ0n) is 9.60.